The van der Waals surface area contributed by atoms with E-state index in [2.05, 4.69) is 27.9 Å². The molecule has 0 saturated heterocycles. The van der Waals surface area contributed by atoms with E-state index in [0.29, 0.717) is 5.69 Å². The summed E-state index contributed by atoms with van der Waals surface area (Å²) in [7, 11) is 0. The predicted octanol–water partition coefficient (Wildman–Crippen LogP) is 4.33. The van der Waals surface area contributed by atoms with Crippen LogP contribution in [0.3, 0.4) is 0 Å². The number of anilines is 1. The van der Waals surface area contributed by atoms with Gasteiger partial charge in [-0.25, -0.2) is 0 Å². The monoisotopic (exact) mass is 455 g/mol. The molecule has 0 unspecified atom stereocenters. The second-order valence-electron chi connectivity index (χ2n) is 5.45. The van der Waals surface area contributed by atoms with Crippen LogP contribution in [-0.4, -0.2) is 15.6 Å². The van der Waals surface area contributed by atoms with Crippen LogP contribution < -0.4 is 5.32 Å². The number of rotatable bonds is 4. The van der Waals surface area contributed by atoms with Crippen molar-refractivity contribution >= 4 is 40.3 Å². The van der Waals surface area contributed by atoms with Gasteiger partial charge in [-0.3, -0.25) is 4.79 Å². The van der Waals surface area contributed by atoms with Crippen LogP contribution in [0, 0.1) is 14.9 Å². The molecular formula is C20H14IN3O2. The molecule has 0 radical (unpaired) electrons. The number of hydrogen-bond acceptors (Lipinski definition) is 3. The Morgan fingerprint density at radius 3 is 2.46 bits per heavy atom. The number of nitrogens with one attached hydrogen (secondary N) is 1. The van der Waals surface area contributed by atoms with Gasteiger partial charge in [0, 0.05) is 26.8 Å². The van der Waals surface area contributed by atoms with Gasteiger partial charge < -0.3 is 15.0 Å². The molecule has 0 atom stereocenters. The molecule has 3 aromatic rings. The topological polar surface area (TPSA) is 78.0 Å². The standard InChI is InChI=1S/C20H14IN3O2/c21-15-3-7-17(8-4-15)24-11-1-2-18(24)12-14(13-22)20(26)23-16-5-9-19(25)10-6-16/h1-12,25H,(H,23,26)/b14-12-. The van der Waals surface area contributed by atoms with E-state index in [-0.39, 0.29) is 11.3 Å². The first-order valence-corrected chi connectivity index (χ1v) is 8.80. The van der Waals surface area contributed by atoms with Gasteiger partial charge in [0.25, 0.3) is 5.91 Å². The summed E-state index contributed by atoms with van der Waals surface area (Å²) in [6.07, 6.45) is 3.43. The van der Waals surface area contributed by atoms with Gasteiger partial charge in [0.05, 0.1) is 0 Å². The van der Waals surface area contributed by atoms with Crippen molar-refractivity contribution in [2.75, 3.05) is 5.32 Å². The van der Waals surface area contributed by atoms with Crippen molar-refractivity contribution < 1.29 is 9.90 Å². The normalized spacial score (nSPS) is 11.0. The van der Waals surface area contributed by atoms with E-state index in [0.717, 1.165) is 15.0 Å². The molecular weight excluding hydrogens is 441 g/mol. The lowest BCUT2D eigenvalue weighted by Gasteiger charge is -2.08. The number of amides is 1. The van der Waals surface area contributed by atoms with E-state index in [1.54, 1.807) is 18.2 Å². The fourth-order valence-corrected chi connectivity index (χ4v) is 2.75. The van der Waals surface area contributed by atoms with Crippen LogP contribution in [0.25, 0.3) is 11.8 Å². The molecule has 26 heavy (non-hydrogen) atoms. The van der Waals surface area contributed by atoms with Gasteiger partial charge in [-0.05, 0) is 89.3 Å². The van der Waals surface area contributed by atoms with Gasteiger partial charge in [-0.15, -0.1) is 0 Å². The molecule has 2 aromatic carbocycles. The van der Waals surface area contributed by atoms with E-state index < -0.39 is 5.91 Å². The molecule has 0 spiro atoms. The minimum Gasteiger partial charge on any atom is -0.508 e. The summed E-state index contributed by atoms with van der Waals surface area (Å²) in [6, 6.07) is 19.6. The second kappa shape index (κ2) is 7.89. The number of phenolic OH excluding ortho intramolecular Hbond substituents is 1. The number of nitrogens with zero attached hydrogens (tertiary/aromatic N) is 2. The molecule has 0 aliphatic heterocycles. The van der Waals surface area contributed by atoms with E-state index >= 15 is 0 Å². The maximum Gasteiger partial charge on any atom is 0.266 e. The Morgan fingerprint density at radius 2 is 1.81 bits per heavy atom. The zero-order chi connectivity index (χ0) is 18.5. The van der Waals surface area contributed by atoms with Crippen LogP contribution in [0.1, 0.15) is 5.69 Å². The van der Waals surface area contributed by atoms with Gasteiger partial charge in [0.2, 0.25) is 0 Å². The number of carbonyl (C=O) groups excluding carboxylic acids is 1. The highest BCUT2D eigenvalue weighted by molar-refractivity contribution is 14.1. The number of aromatic hydroxyl groups is 1. The molecule has 0 aliphatic carbocycles. The molecule has 1 heterocycles. The zero-order valence-corrected chi connectivity index (χ0v) is 15.7. The number of phenols is 1. The Morgan fingerprint density at radius 1 is 1.12 bits per heavy atom. The lowest BCUT2D eigenvalue weighted by Crippen LogP contribution is -2.13. The van der Waals surface area contributed by atoms with Crippen molar-refractivity contribution in [1.29, 1.82) is 5.26 Å². The summed E-state index contributed by atoms with van der Waals surface area (Å²) in [6.45, 7) is 0. The molecule has 0 bridgehead atoms. The van der Waals surface area contributed by atoms with E-state index in [4.69, 9.17) is 0 Å². The first-order chi connectivity index (χ1) is 12.6. The fraction of sp³-hybridized carbons (Fsp3) is 0. The lowest BCUT2D eigenvalue weighted by molar-refractivity contribution is -0.112. The van der Waals surface area contributed by atoms with Crippen LogP contribution >= 0.6 is 22.6 Å². The number of nitriles is 1. The number of hydrogen-bond donors (Lipinski definition) is 2. The Balaban J connectivity index is 1.87. The van der Waals surface area contributed by atoms with Crippen molar-refractivity contribution in [1.82, 2.24) is 4.57 Å². The highest BCUT2D eigenvalue weighted by atomic mass is 127. The molecule has 1 aromatic heterocycles. The van der Waals surface area contributed by atoms with Gasteiger partial charge in [0.15, 0.2) is 0 Å². The zero-order valence-electron chi connectivity index (χ0n) is 13.6. The fourth-order valence-electron chi connectivity index (χ4n) is 2.39. The predicted molar refractivity (Wildman–Crippen MR) is 109 cm³/mol. The second-order valence-corrected chi connectivity index (χ2v) is 6.70. The molecule has 0 saturated carbocycles. The lowest BCUT2D eigenvalue weighted by atomic mass is 10.2. The Hall–Kier alpha value is -3.05. The third-order valence-corrected chi connectivity index (χ3v) is 4.39. The van der Waals surface area contributed by atoms with Gasteiger partial charge in [0.1, 0.15) is 17.4 Å². The average Bonchev–Trinajstić information content (AvgIpc) is 3.10. The maximum atomic E-state index is 12.4. The van der Waals surface area contributed by atoms with E-state index in [9.17, 15) is 15.2 Å². The van der Waals surface area contributed by atoms with Crippen LogP contribution in [0.2, 0.25) is 0 Å². The van der Waals surface area contributed by atoms with E-state index in [1.807, 2.05) is 53.2 Å². The van der Waals surface area contributed by atoms with Crippen molar-refractivity contribution in [3.63, 3.8) is 0 Å². The largest absolute Gasteiger partial charge is 0.508 e. The molecule has 2 N–H and O–H groups in total. The van der Waals surface area contributed by atoms with Crippen LogP contribution in [0.5, 0.6) is 5.75 Å². The molecule has 3 rings (SSSR count). The van der Waals surface area contributed by atoms with E-state index in [1.165, 1.54) is 12.1 Å². The summed E-state index contributed by atoms with van der Waals surface area (Å²) >= 11 is 2.24. The SMILES string of the molecule is N#C/C(=C/c1cccn1-c1ccc(I)cc1)C(=O)Nc1ccc(O)cc1. The first kappa shape index (κ1) is 17.8. The highest BCUT2D eigenvalue weighted by Crippen LogP contribution is 2.18. The molecule has 0 aliphatic rings. The minimum absolute atomic E-state index is 0.0106. The highest BCUT2D eigenvalue weighted by Gasteiger charge is 2.11. The summed E-state index contributed by atoms with van der Waals surface area (Å²) in [5.41, 5.74) is 2.16. The molecule has 128 valence electrons. The Bertz CT molecular complexity index is 997. The van der Waals surface area contributed by atoms with Crippen molar-refractivity contribution in [2.45, 2.75) is 0 Å². The number of aromatic nitrogens is 1. The molecule has 1 amide bonds. The number of benzene rings is 2. The van der Waals surface area contributed by atoms with Crippen LogP contribution in [-0.2, 0) is 4.79 Å². The summed E-state index contributed by atoms with van der Waals surface area (Å²) < 4.78 is 3.03. The van der Waals surface area contributed by atoms with Crippen molar-refractivity contribution in [3.05, 3.63) is 81.7 Å². The smallest absolute Gasteiger partial charge is 0.266 e. The van der Waals surface area contributed by atoms with Crippen LogP contribution in [0.4, 0.5) is 5.69 Å². The Kier molecular flexibility index (Phi) is 5.39. The average molecular weight is 455 g/mol. The summed E-state index contributed by atoms with van der Waals surface area (Å²) in [4.78, 5) is 12.4. The molecule has 5 nitrogen and oxygen atoms in total. The van der Waals surface area contributed by atoms with Crippen molar-refractivity contribution in [2.24, 2.45) is 0 Å². The first-order valence-electron chi connectivity index (χ1n) is 7.72. The minimum atomic E-state index is -0.506. The summed E-state index contributed by atoms with van der Waals surface area (Å²) in [5.74, 6) is -0.400. The Labute approximate surface area is 164 Å². The third-order valence-electron chi connectivity index (χ3n) is 3.67. The number of carbonyl (C=O) groups is 1. The summed E-state index contributed by atoms with van der Waals surface area (Å²) in [5, 5.41) is 21.3. The van der Waals surface area contributed by atoms with Gasteiger partial charge in [-0.1, -0.05) is 0 Å². The van der Waals surface area contributed by atoms with Crippen LogP contribution in [0.15, 0.2) is 72.4 Å². The number of halogens is 1. The maximum absolute atomic E-state index is 12.4. The third kappa shape index (κ3) is 4.13. The van der Waals surface area contributed by atoms with Crippen molar-refractivity contribution in [3.8, 4) is 17.5 Å². The quantitative estimate of drug-likeness (QED) is 0.266. The molecule has 0 fully saturated rings. The molecule has 6 heteroatoms. The van der Waals surface area contributed by atoms with Gasteiger partial charge in [-0.2, -0.15) is 5.26 Å². The van der Waals surface area contributed by atoms with Gasteiger partial charge >= 0.3 is 0 Å².